The highest BCUT2D eigenvalue weighted by Crippen LogP contribution is 2.26. The van der Waals surface area contributed by atoms with Gasteiger partial charge in [0.2, 0.25) is 0 Å². The highest BCUT2D eigenvalue weighted by Gasteiger charge is 2.14. The van der Waals surface area contributed by atoms with E-state index in [1.54, 1.807) is 18.2 Å². The Balaban J connectivity index is 2.37. The number of benzene rings is 1. The standard InChI is InChI=1S/C10H11F2N5O/c1-18-8-3-2-6(4-7(8)13)10-14-15-16-17(10)5-9(11)12/h2-4,9H,5,13H2,1H3. The minimum absolute atomic E-state index is 0.240. The minimum atomic E-state index is -2.53. The SMILES string of the molecule is COc1ccc(-c2nnnn2CC(F)F)cc1N. The molecule has 0 aliphatic heterocycles. The van der Waals surface area contributed by atoms with Crippen molar-refractivity contribution >= 4 is 5.69 Å². The fraction of sp³-hybridized carbons (Fsp3) is 0.300. The van der Waals surface area contributed by atoms with Crippen LogP contribution >= 0.6 is 0 Å². The molecule has 0 saturated carbocycles. The van der Waals surface area contributed by atoms with Crippen molar-refractivity contribution in [3.63, 3.8) is 0 Å². The van der Waals surface area contributed by atoms with E-state index in [0.29, 0.717) is 17.0 Å². The highest BCUT2D eigenvalue weighted by atomic mass is 19.3. The lowest BCUT2D eigenvalue weighted by atomic mass is 10.2. The molecule has 18 heavy (non-hydrogen) atoms. The predicted molar refractivity (Wildman–Crippen MR) is 60.2 cm³/mol. The summed E-state index contributed by atoms with van der Waals surface area (Å²) in [6.45, 7) is -0.561. The second-order valence-corrected chi connectivity index (χ2v) is 3.53. The summed E-state index contributed by atoms with van der Waals surface area (Å²) in [5.41, 5.74) is 6.68. The van der Waals surface area contributed by atoms with Crippen molar-refractivity contribution in [2.75, 3.05) is 12.8 Å². The average molecular weight is 255 g/mol. The molecule has 6 nitrogen and oxygen atoms in total. The van der Waals surface area contributed by atoms with E-state index in [1.165, 1.54) is 7.11 Å². The normalized spacial score (nSPS) is 10.9. The molecule has 0 saturated heterocycles. The first-order valence-electron chi connectivity index (χ1n) is 5.10. The largest absolute Gasteiger partial charge is 0.495 e. The van der Waals surface area contributed by atoms with Gasteiger partial charge in [0.25, 0.3) is 6.43 Å². The summed E-state index contributed by atoms with van der Waals surface area (Å²) in [4.78, 5) is 0. The predicted octanol–water partition coefficient (Wildman–Crippen LogP) is 1.20. The molecule has 0 aliphatic carbocycles. The third-order valence-electron chi connectivity index (χ3n) is 2.33. The van der Waals surface area contributed by atoms with Crippen molar-refractivity contribution in [3.05, 3.63) is 18.2 Å². The van der Waals surface area contributed by atoms with Gasteiger partial charge >= 0.3 is 0 Å². The van der Waals surface area contributed by atoms with Gasteiger partial charge in [-0.25, -0.2) is 13.5 Å². The second kappa shape index (κ2) is 4.94. The molecule has 0 radical (unpaired) electrons. The number of anilines is 1. The van der Waals surface area contributed by atoms with Crippen molar-refractivity contribution in [2.45, 2.75) is 13.0 Å². The Labute approximate surface area is 101 Å². The lowest BCUT2D eigenvalue weighted by Gasteiger charge is -2.07. The van der Waals surface area contributed by atoms with Crippen molar-refractivity contribution < 1.29 is 13.5 Å². The summed E-state index contributed by atoms with van der Waals surface area (Å²) in [7, 11) is 1.49. The first-order chi connectivity index (χ1) is 8.61. The van der Waals surface area contributed by atoms with E-state index in [1.807, 2.05) is 0 Å². The van der Waals surface area contributed by atoms with Gasteiger partial charge in [0.15, 0.2) is 5.82 Å². The molecule has 96 valence electrons. The summed E-state index contributed by atoms with van der Waals surface area (Å²) in [6.07, 6.45) is -2.53. The Morgan fingerprint density at radius 2 is 2.22 bits per heavy atom. The lowest BCUT2D eigenvalue weighted by Crippen LogP contribution is -2.10. The molecule has 2 rings (SSSR count). The van der Waals surface area contributed by atoms with Gasteiger partial charge < -0.3 is 10.5 Å². The molecule has 1 aromatic carbocycles. The van der Waals surface area contributed by atoms with E-state index in [0.717, 1.165) is 4.68 Å². The lowest BCUT2D eigenvalue weighted by molar-refractivity contribution is 0.121. The molecule has 0 unspecified atom stereocenters. The summed E-state index contributed by atoms with van der Waals surface area (Å²) in [6, 6.07) is 4.86. The van der Waals surface area contributed by atoms with Crippen LogP contribution in [0.3, 0.4) is 0 Å². The molecular weight excluding hydrogens is 244 g/mol. The maximum Gasteiger partial charge on any atom is 0.258 e. The second-order valence-electron chi connectivity index (χ2n) is 3.53. The monoisotopic (exact) mass is 255 g/mol. The first kappa shape index (κ1) is 12.2. The molecule has 1 heterocycles. The van der Waals surface area contributed by atoms with Gasteiger partial charge in [-0.05, 0) is 28.6 Å². The first-order valence-corrected chi connectivity index (χ1v) is 5.10. The molecule has 8 heteroatoms. The number of methoxy groups -OCH3 is 1. The fourth-order valence-corrected chi connectivity index (χ4v) is 1.54. The number of tetrazole rings is 1. The van der Waals surface area contributed by atoms with Crippen LogP contribution in [-0.2, 0) is 6.54 Å². The van der Waals surface area contributed by atoms with Crippen LogP contribution in [0.2, 0.25) is 0 Å². The number of hydrogen-bond donors (Lipinski definition) is 1. The highest BCUT2D eigenvalue weighted by molar-refractivity contribution is 5.66. The van der Waals surface area contributed by atoms with Crippen LogP contribution in [-0.4, -0.2) is 33.7 Å². The Hall–Kier alpha value is -2.25. The van der Waals surface area contributed by atoms with Crippen molar-refractivity contribution in [1.29, 1.82) is 0 Å². The number of nitrogens with two attached hydrogens (primary N) is 1. The van der Waals surface area contributed by atoms with Crippen molar-refractivity contribution in [3.8, 4) is 17.1 Å². The number of aromatic nitrogens is 4. The number of ether oxygens (including phenoxy) is 1. The molecule has 0 aliphatic rings. The number of rotatable bonds is 4. The molecule has 0 amide bonds. The zero-order chi connectivity index (χ0) is 13.1. The van der Waals surface area contributed by atoms with Gasteiger partial charge in [0, 0.05) is 5.56 Å². The Morgan fingerprint density at radius 3 is 2.83 bits per heavy atom. The van der Waals surface area contributed by atoms with E-state index >= 15 is 0 Å². The molecule has 1 aromatic heterocycles. The zero-order valence-electron chi connectivity index (χ0n) is 9.55. The summed E-state index contributed by atoms with van der Waals surface area (Å²) >= 11 is 0. The molecule has 0 bridgehead atoms. The number of hydrogen-bond acceptors (Lipinski definition) is 5. The van der Waals surface area contributed by atoms with Crippen LogP contribution in [0.4, 0.5) is 14.5 Å². The van der Waals surface area contributed by atoms with Crippen LogP contribution in [0.25, 0.3) is 11.4 Å². The molecule has 0 fully saturated rings. The number of halogens is 2. The van der Waals surface area contributed by atoms with Crippen LogP contribution in [0.5, 0.6) is 5.75 Å². The Bertz CT molecular complexity index is 543. The van der Waals surface area contributed by atoms with E-state index in [4.69, 9.17) is 10.5 Å². The smallest absolute Gasteiger partial charge is 0.258 e. The number of nitrogen functional groups attached to an aromatic ring is 1. The molecule has 2 N–H and O–H groups in total. The van der Waals surface area contributed by atoms with Crippen LogP contribution < -0.4 is 10.5 Å². The van der Waals surface area contributed by atoms with Crippen LogP contribution in [0.15, 0.2) is 18.2 Å². The Morgan fingerprint density at radius 1 is 1.44 bits per heavy atom. The number of alkyl halides is 2. The zero-order valence-corrected chi connectivity index (χ0v) is 9.55. The topological polar surface area (TPSA) is 78.9 Å². The van der Waals surface area contributed by atoms with Gasteiger partial charge in [-0.1, -0.05) is 0 Å². The summed E-state index contributed by atoms with van der Waals surface area (Å²) in [5, 5.41) is 10.6. The Kier molecular flexibility index (Phi) is 3.35. The van der Waals surface area contributed by atoms with E-state index in [9.17, 15) is 8.78 Å². The third-order valence-corrected chi connectivity index (χ3v) is 2.33. The van der Waals surface area contributed by atoms with Gasteiger partial charge in [-0.3, -0.25) is 0 Å². The van der Waals surface area contributed by atoms with E-state index < -0.39 is 13.0 Å². The fourth-order valence-electron chi connectivity index (χ4n) is 1.54. The maximum atomic E-state index is 12.3. The summed E-state index contributed by atoms with van der Waals surface area (Å²) in [5.74, 6) is 0.747. The van der Waals surface area contributed by atoms with Gasteiger partial charge in [-0.2, -0.15) is 0 Å². The summed E-state index contributed by atoms with van der Waals surface area (Å²) < 4.78 is 30.7. The average Bonchev–Trinajstić information content (AvgIpc) is 2.76. The van der Waals surface area contributed by atoms with Gasteiger partial charge in [-0.15, -0.1) is 5.10 Å². The molecule has 0 spiro atoms. The third kappa shape index (κ3) is 2.36. The molecular formula is C10H11F2N5O. The quantitative estimate of drug-likeness (QED) is 0.830. The minimum Gasteiger partial charge on any atom is -0.495 e. The van der Waals surface area contributed by atoms with Gasteiger partial charge in [0.1, 0.15) is 12.3 Å². The van der Waals surface area contributed by atoms with Crippen molar-refractivity contribution in [2.24, 2.45) is 0 Å². The van der Waals surface area contributed by atoms with E-state index in [-0.39, 0.29) is 5.82 Å². The number of nitrogens with zero attached hydrogens (tertiary/aromatic N) is 4. The maximum absolute atomic E-state index is 12.3. The molecule has 0 atom stereocenters. The van der Waals surface area contributed by atoms with E-state index in [2.05, 4.69) is 15.5 Å². The molecule has 2 aromatic rings. The van der Waals surface area contributed by atoms with Crippen LogP contribution in [0.1, 0.15) is 0 Å². The van der Waals surface area contributed by atoms with Gasteiger partial charge in [0.05, 0.1) is 12.8 Å². The van der Waals surface area contributed by atoms with Crippen LogP contribution in [0, 0.1) is 0 Å². The van der Waals surface area contributed by atoms with Crippen molar-refractivity contribution in [1.82, 2.24) is 20.2 Å².